The summed E-state index contributed by atoms with van der Waals surface area (Å²) < 4.78 is 44.2. The van der Waals surface area contributed by atoms with Gasteiger partial charge in [-0.05, 0) is 25.5 Å². The molecule has 0 amide bonds. The number of benzene rings is 1. The molecule has 1 atom stereocenters. The van der Waals surface area contributed by atoms with Crippen molar-refractivity contribution in [2.24, 2.45) is 0 Å². The van der Waals surface area contributed by atoms with E-state index in [2.05, 4.69) is 4.72 Å². The van der Waals surface area contributed by atoms with Crippen molar-refractivity contribution in [1.82, 2.24) is 4.72 Å². The second-order valence-electron chi connectivity index (χ2n) is 3.73. The van der Waals surface area contributed by atoms with E-state index in [-0.39, 0.29) is 16.7 Å². The van der Waals surface area contributed by atoms with Crippen LogP contribution in [0.5, 0.6) is 5.75 Å². The van der Waals surface area contributed by atoms with Crippen LogP contribution in [-0.4, -0.2) is 21.6 Å². The van der Waals surface area contributed by atoms with E-state index in [0.29, 0.717) is 6.42 Å². The average Bonchev–Trinajstić information content (AvgIpc) is 2.28. The summed E-state index contributed by atoms with van der Waals surface area (Å²) in [6.07, 6.45) is 0.678. The molecule has 4 nitrogen and oxygen atoms in total. The summed E-state index contributed by atoms with van der Waals surface area (Å²) in [6.45, 7) is 3.64. The van der Waals surface area contributed by atoms with Gasteiger partial charge in [0.2, 0.25) is 10.0 Å². The number of sulfonamides is 1. The standard InChI is InChI=1S/C11H16FNO3S/c1-4-8(2)13-17(14,15)9-5-6-10(12)11(7-9)16-3/h5-8,13H,4H2,1-3H3. The highest BCUT2D eigenvalue weighted by Gasteiger charge is 2.18. The van der Waals surface area contributed by atoms with E-state index in [1.165, 1.54) is 19.2 Å². The summed E-state index contributed by atoms with van der Waals surface area (Å²) in [6, 6.07) is 3.28. The lowest BCUT2D eigenvalue weighted by Gasteiger charge is -2.12. The third-order valence-corrected chi connectivity index (χ3v) is 3.99. The predicted molar refractivity (Wildman–Crippen MR) is 63.0 cm³/mol. The number of hydrogen-bond donors (Lipinski definition) is 1. The third-order valence-electron chi connectivity index (χ3n) is 2.40. The molecule has 6 heteroatoms. The summed E-state index contributed by atoms with van der Waals surface area (Å²) in [5.41, 5.74) is 0. The van der Waals surface area contributed by atoms with E-state index < -0.39 is 15.8 Å². The highest BCUT2D eigenvalue weighted by molar-refractivity contribution is 7.89. The number of rotatable bonds is 5. The normalized spacial score (nSPS) is 13.4. The molecular weight excluding hydrogens is 245 g/mol. The van der Waals surface area contributed by atoms with Crippen molar-refractivity contribution in [3.8, 4) is 5.75 Å². The lowest BCUT2D eigenvalue weighted by molar-refractivity contribution is 0.385. The Morgan fingerprint density at radius 1 is 1.47 bits per heavy atom. The molecule has 1 rings (SSSR count). The third kappa shape index (κ3) is 3.41. The molecule has 17 heavy (non-hydrogen) atoms. The van der Waals surface area contributed by atoms with Crippen LogP contribution in [0.2, 0.25) is 0 Å². The van der Waals surface area contributed by atoms with E-state index in [9.17, 15) is 12.8 Å². The van der Waals surface area contributed by atoms with Crippen LogP contribution in [0.15, 0.2) is 23.1 Å². The first kappa shape index (κ1) is 13.9. The Labute approximate surface area is 101 Å². The van der Waals surface area contributed by atoms with Crippen molar-refractivity contribution in [2.45, 2.75) is 31.2 Å². The largest absolute Gasteiger partial charge is 0.494 e. The van der Waals surface area contributed by atoms with Crippen LogP contribution in [0, 0.1) is 5.82 Å². The number of ether oxygens (including phenoxy) is 1. The Morgan fingerprint density at radius 3 is 2.65 bits per heavy atom. The number of nitrogens with one attached hydrogen (secondary N) is 1. The van der Waals surface area contributed by atoms with Crippen LogP contribution in [0.4, 0.5) is 4.39 Å². The van der Waals surface area contributed by atoms with Gasteiger partial charge in [-0.2, -0.15) is 0 Å². The molecule has 0 aliphatic carbocycles. The molecule has 0 heterocycles. The summed E-state index contributed by atoms with van der Waals surface area (Å²) in [4.78, 5) is -0.00366. The Balaban J connectivity index is 3.07. The average molecular weight is 261 g/mol. The van der Waals surface area contributed by atoms with Crippen LogP contribution in [0.25, 0.3) is 0 Å². The maximum atomic E-state index is 13.1. The molecule has 0 spiro atoms. The van der Waals surface area contributed by atoms with Crippen LogP contribution in [0.3, 0.4) is 0 Å². The van der Waals surface area contributed by atoms with Gasteiger partial charge in [-0.25, -0.2) is 17.5 Å². The molecule has 0 aliphatic rings. The first-order chi connectivity index (χ1) is 7.90. The van der Waals surface area contributed by atoms with Gasteiger partial charge in [0.1, 0.15) is 0 Å². The molecular formula is C11H16FNO3S. The van der Waals surface area contributed by atoms with Gasteiger partial charge in [0.05, 0.1) is 12.0 Å². The summed E-state index contributed by atoms with van der Waals surface area (Å²) >= 11 is 0. The van der Waals surface area contributed by atoms with Crippen molar-refractivity contribution in [1.29, 1.82) is 0 Å². The zero-order valence-electron chi connectivity index (χ0n) is 10.0. The minimum Gasteiger partial charge on any atom is -0.494 e. The van der Waals surface area contributed by atoms with Crippen molar-refractivity contribution in [3.63, 3.8) is 0 Å². The first-order valence-corrected chi connectivity index (χ1v) is 6.75. The van der Waals surface area contributed by atoms with Crippen LogP contribution in [-0.2, 0) is 10.0 Å². The Kier molecular flexibility index (Phi) is 4.47. The molecule has 0 aliphatic heterocycles. The second-order valence-corrected chi connectivity index (χ2v) is 5.44. The molecule has 0 saturated carbocycles. The molecule has 1 aromatic carbocycles. The quantitative estimate of drug-likeness (QED) is 0.881. The Hall–Kier alpha value is -1.14. The van der Waals surface area contributed by atoms with Crippen LogP contribution in [0.1, 0.15) is 20.3 Å². The zero-order chi connectivity index (χ0) is 13.1. The molecule has 0 bridgehead atoms. The lowest BCUT2D eigenvalue weighted by atomic mass is 10.3. The SMILES string of the molecule is CCC(C)NS(=O)(=O)c1ccc(F)c(OC)c1. The van der Waals surface area contributed by atoms with Gasteiger partial charge in [-0.1, -0.05) is 6.92 Å². The molecule has 0 saturated heterocycles. The van der Waals surface area contributed by atoms with Gasteiger partial charge in [0.25, 0.3) is 0 Å². The van der Waals surface area contributed by atoms with E-state index in [1.54, 1.807) is 6.92 Å². The topological polar surface area (TPSA) is 55.4 Å². The maximum absolute atomic E-state index is 13.1. The highest BCUT2D eigenvalue weighted by Crippen LogP contribution is 2.21. The van der Waals surface area contributed by atoms with E-state index in [4.69, 9.17) is 4.74 Å². The molecule has 96 valence electrons. The van der Waals surface area contributed by atoms with Gasteiger partial charge in [0, 0.05) is 12.1 Å². The number of hydrogen-bond acceptors (Lipinski definition) is 3. The Morgan fingerprint density at radius 2 is 2.12 bits per heavy atom. The summed E-state index contributed by atoms with van der Waals surface area (Å²) in [5.74, 6) is -0.674. The van der Waals surface area contributed by atoms with Crippen LogP contribution < -0.4 is 9.46 Å². The first-order valence-electron chi connectivity index (χ1n) is 5.26. The van der Waals surface area contributed by atoms with Gasteiger partial charge in [-0.3, -0.25) is 0 Å². The second kappa shape index (κ2) is 5.46. The fourth-order valence-electron chi connectivity index (χ4n) is 1.22. The van der Waals surface area contributed by atoms with Gasteiger partial charge in [-0.15, -0.1) is 0 Å². The fourth-order valence-corrected chi connectivity index (χ4v) is 2.57. The van der Waals surface area contributed by atoms with E-state index in [1.807, 2.05) is 6.92 Å². The van der Waals surface area contributed by atoms with Gasteiger partial charge in [0.15, 0.2) is 11.6 Å². The van der Waals surface area contributed by atoms with Crippen LogP contribution >= 0.6 is 0 Å². The van der Waals surface area contributed by atoms with Gasteiger partial charge < -0.3 is 4.74 Å². The van der Waals surface area contributed by atoms with Crippen molar-refractivity contribution >= 4 is 10.0 Å². The molecule has 1 aromatic rings. The minimum absolute atomic E-state index is 0.00366. The number of methoxy groups -OCH3 is 1. The lowest BCUT2D eigenvalue weighted by Crippen LogP contribution is -2.32. The highest BCUT2D eigenvalue weighted by atomic mass is 32.2. The molecule has 1 unspecified atom stereocenters. The zero-order valence-corrected chi connectivity index (χ0v) is 10.8. The molecule has 1 N–H and O–H groups in total. The van der Waals surface area contributed by atoms with Crippen molar-refractivity contribution < 1.29 is 17.5 Å². The van der Waals surface area contributed by atoms with E-state index >= 15 is 0 Å². The molecule has 0 radical (unpaired) electrons. The molecule has 0 aromatic heterocycles. The predicted octanol–water partition coefficient (Wildman–Crippen LogP) is 1.91. The monoisotopic (exact) mass is 261 g/mol. The minimum atomic E-state index is -3.62. The van der Waals surface area contributed by atoms with Gasteiger partial charge >= 0.3 is 0 Å². The van der Waals surface area contributed by atoms with Crippen molar-refractivity contribution in [2.75, 3.05) is 7.11 Å². The molecule has 0 fully saturated rings. The fraction of sp³-hybridized carbons (Fsp3) is 0.455. The van der Waals surface area contributed by atoms with Crippen molar-refractivity contribution in [3.05, 3.63) is 24.0 Å². The Bertz CT molecular complexity index is 487. The number of halogens is 1. The van der Waals surface area contributed by atoms with E-state index in [0.717, 1.165) is 6.07 Å². The maximum Gasteiger partial charge on any atom is 0.240 e. The summed E-state index contributed by atoms with van der Waals surface area (Å²) in [7, 11) is -2.33. The summed E-state index contributed by atoms with van der Waals surface area (Å²) in [5, 5.41) is 0. The smallest absolute Gasteiger partial charge is 0.240 e.